The number of anilines is 3. The van der Waals surface area contributed by atoms with Crippen molar-refractivity contribution in [2.45, 2.75) is 58.8 Å². The Morgan fingerprint density at radius 2 is 1.71 bits per heavy atom. The molecule has 6 nitrogen and oxygen atoms in total. The Bertz CT molecular complexity index is 920. The summed E-state index contributed by atoms with van der Waals surface area (Å²) in [6.45, 7) is 11.4. The van der Waals surface area contributed by atoms with Gasteiger partial charge in [0.1, 0.15) is 0 Å². The van der Waals surface area contributed by atoms with Gasteiger partial charge in [-0.2, -0.15) is 0 Å². The van der Waals surface area contributed by atoms with Gasteiger partial charge in [0.15, 0.2) is 0 Å². The highest BCUT2D eigenvalue weighted by Crippen LogP contribution is 2.34. The lowest BCUT2D eigenvalue weighted by Gasteiger charge is -2.20. The topological polar surface area (TPSA) is 60.0 Å². The standard InChI is InChI=1S/C21H28N4OS.C7H17N/c1-15(26)24-16-7-10-18(11-8-16)27-25(6)17-9-12-19(22-5)20(13-17)23-14-21(2,3)4;1-4-5-6-7-8(2)3/h7-14,22H,1-6H3,(H,24,26);4-7H2,1-3H3. The van der Waals surface area contributed by atoms with Crippen molar-refractivity contribution in [3.63, 3.8) is 0 Å². The second-order valence-corrected chi connectivity index (χ2v) is 11.1. The average Bonchev–Trinajstić information content (AvgIpc) is 2.78. The average molecular weight is 500 g/mol. The molecule has 0 atom stereocenters. The van der Waals surface area contributed by atoms with Gasteiger partial charge < -0.3 is 19.8 Å². The molecular formula is C28H45N5OS. The minimum Gasteiger partial charge on any atom is -0.386 e. The Morgan fingerprint density at radius 3 is 2.23 bits per heavy atom. The molecule has 0 heterocycles. The van der Waals surface area contributed by atoms with Crippen LogP contribution in [0.25, 0.3) is 0 Å². The number of aliphatic imine (C=N–C) groups is 1. The van der Waals surface area contributed by atoms with Crippen LogP contribution in [0.5, 0.6) is 0 Å². The van der Waals surface area contributed by atoms with Crippen LogP contribution in [0.3, 0.4) is 0 Å². The number of nitrogens with zero attached hydrogens (tertiary/aromatic N) is 3. The van der Waals surface area contributed by atoms with E-state index in [1.54, 1.807) is 11.9 Å². The molecule has 0 aliphatic rings. The zero-order valence-corrected chi connectivity index (χ0v) is 23.9. The summed E-state index contributed by atoms with van der Waals surface area (Å²) in [7, 11) is 8.17. The molecule has 0 spiro atoms. The molecular weight excluding hydrogens is 454 g/mol. The number of amides is 1. The van der Waals surface area contributed by atoms with E-state index in [1.165, 1.54) is 32.7 Å². The molecule has 0 fully saturated rings. The van der Waals surface area contributed by atoms with Crippen LogP contribution in [-0.4, -0.2) is 51.8 Å². The molecule has 0 saturated heterocycles. The monoisotopic (exact) mass is 499 g/mol. The zero-order chi connectivity index (χ0) is 26.4. The van der Waals surface area contributed by atoms with Gasteiger partial charge in [0, 0.05) is 43.5 Å². The first kappa shape index (κ1) is 30.5. The van der Waals surface area contributed by atoms with Crippen LogP contribution in [0, 0.1) is 5.41 Å². The molecule has 2 aromatic carbocycles. The summed E-state index contributed by atoms with van der Waals surface area (Å²) in [5, 5.41) is 5.97. The molecule has 2 aromatic rings. The van der Waals surface area contributed by atoms with E-state index in [1.807, 2.05) is 50.6 Å². The molecule has 7 heteroatoms. The van der Waals surface area contributed by atoms with Crippen molar-refractivity contribution >= 4 is 46.8 Å². The van der Waals surface area contributed by atoms with Gasteiger partial charge in [-0.1, -0.05) is 40.5 Å². The molecule has 2 N–H and O–H groups in total. The summed E-state index contributed by atoms with van der Waals surface area (Å²) >= 11 is 1.62. The van der Waals surface area contributed by atoms with Crippen molar-refractivity contribution in [1.29, 1.82) is 0 Å². The van der Waals surface area contributed by atoms with Crippen LogP contribution in [0.1, 0.15) is 53.9 Å². The lowest BCUT2D eigenvalue weighted by Crippen LogP contribution is -2.12. The summed E-state index contributed by atoms with van der Waals surface area (Å²) in [6.07, 6.45) is 6.02. The van der Waals surface area contributed by atoms with Crippen molar-refractivity contribution in [3.05, 3.63) is 42.5 Å². The highest BCUT2D eigenvalue weighted by Gasteiger charge is 2.10. The molecule has 0 aliphatic heterocycles. The molecule has 0 radical (unpaired) electrons. The Kier molecular flexibility index (Phi) is 13.5. The Morgan fingerprint density at radius 1 is 1.06 bits per heavy atom. The number of benzene rings is 2. The van der Waals surface area contributed by atoms with E-state index in [-0.39, 0.29) is 11.3 Å². The SMILES string of the molecule is CCCCCN(C)C.CNc1ccc(N(C)Sc2ccc(NC(C)=O)cc2)cc1N=CC(C)(C)C. The highest BCUT2D eigenvalue weighted by atomic mass is 32.2. The number of carbonyl (C=O) groups excluding carboxylic acids is 1. The number of hydrogen-bond acceptors (Lipinski definition) is 6. The molecule has 0 saturated carbocycles. The molecule has 1 amide bonds. The molecule has 2 rings (SSSR count). The van der Waals surface area contributed by atoms with Crippen LogP contribution in [-0.2, 0) is 4.79 Å². The Labute approximate surface area is 217 Å². The Hall–Kier alpha value is -2.51. The van der Waals surface area contributed by atoms with Crippen LogP contribution in [0.4, 0.5) is 22.7 Å². The lowest BCUT2D eigenvalue weighted by atomic mass is 9.99. The molecule has 0 unspecified atom stereocenters. The normalized spacial score (nSPS) is 11.3. The first-order chi connectivity index (χ1) is 16.4. The van der Waals surface area contributed by atoms with Gasteiger partial charge in [0.2, 0.25) is 5.91 Å². The summed E-state index contributed by atoms with van der Waals surface area (Å²) in [5.74, 6) is -0.0690. The molecule has 0 aromatic heterocycles. The minimum absolute atomic E-state index is 0.0251. The predicted molar refractivity (Wildman–Crippen MR) is 157 cm³/mol. The van der Waals surface area contributed by atoms with E-state index < -0.39 is 0 Å². The second kappa shape index (κ2) is 15.5. The second-order valence-electron chi connectivity index (χ2n) is 9.88. The molecule has 35 heavy (non-hydrogen) atoms. The van der Waals surface area contributed by atoms with E-state index in [9.17, 15) is 4.79 Å². The first-order valence-electron chi connectivity index (χ1n) is 12.3. The largest absolute Gasteiger partial charge is 0.386 e. The minimum atomic E-state index is -0.0690. The summed E-state index contributed by atoms with van der Waals surface area (Å²) in [6, 6.07) is 14.0. The summed E-state index contributed by atoms with van der Waals surface area (Å²) in [4.78, 5) is 19.1. The molecule has 194 valence electrons. The van der Waals surface area contributed by atoms with E-state index in [2.05, 4.69) is 78.8 Å². The van der Waals surface area contributed by atoms with Crippen molar-refractivity contribution in [1.82, 2.24) is 4.90 Å². The van der Waals surface area contributed by atoms with Gasteiger partial charge in [-0.05, 0) is 86.9 Å². The van der Waals surface area contributed by atoms with Crippen LogP contribution < -0.4 is 14.9 Å². The third kappa shape index (κ3) is 13.2. The maximum Gasteiger partial charge on any atom is 0.221 e. The van der Waals surface area contributed by atoms with Crippen LogP contribution in [0.2, 0.25) is 0 Å². The van der Waals surface area contributed by atoms with Crippen LogP contribution >= 0.6 is 11.9 Å². The van der Waals surface area contributed by atoms with Gasteiger partial charge in [-0.15, -0.1) is 0 Å². The highest BCUT2D eigenvalue weighted by molar-refractivity contribution is 8.00. The van der Waals surface area contributed by atoms with E-state index in [0.29, 0.717) is 0 Å². The number of carbonyl (C=O) groups is 1. The maximum absolute atomic E-state index is 11.1. The van der Waals surface area contributed by atoms with Gasteiger partial charge in [-0.3, -0.25) is 9.79 Å². The fraction of sp³-hybridized carbons (Fsp3) is 0.500. The van der Waals surface area contributed by atoms with Crippen molar-refractivity contribution in [2.75, 3.05) is 49.7 Å². The zero-order valence-electron chi connectivity index (χ0n) is 23.1. The number of rotatable bonds is 10. The first-order valence-corrected chi connectivity index (χ1v) is 13.0. The fourth-order valence-corrected chi connectivity index (χ4v) is 3.78. The van der Waals surface area contributed by atoms with Crippen LogP contribution in [0.15, 0.2) is 52.4 Å². The Balaban J connectivity index is 0.000000658. The maximum atomic E-state index is 11.1. The van der Waals surface area contributed by atoms with E-state index in [0.717, 1.165) is 27.6 Å². The smallest absolute Gasteiger partial charge is 0.221 e. The van der Waals surface area contributed by atoms with Gasteiger partial charge in [-0.25, -0.2) is 0 Å². The quantitative estimate of drug-likeness (QED) is 0.204. The molecule has 0 aliphatic carbocycles. The van der Waals surface area contributed by atoms with Crippen molar-refractivity contribution in [2.24, 2.45) is 10.4 Å². The van der Waals surface area contributed by atoms with Crippen molar-refractivity contribution < 1.29 is 4.79 Å². The van der Waals surface area contributed by atoms with Gasteiger partial charge >= 0.3 is 0 Å². The lowest BCUT2D eigenvalue weighted by molar-refractivity contribution is -0.114. The fourth-order valence-electron chi connectivity index (χ4n) is 2.99. The molecule has 0 bridgehead atoms. The predicted octanol–water partition coefficient (Wildman–Crippen LogP) is 7.32. The third-order valence-electron chi connectivity index (χ3n) is 4.83. The number of hydrogen-bond donors (Lipinski definition) is 2. The summed E-state index contributed by atoms with van der Waals surface area (Å²) in [5.41, 5.74) is 3.80. The van der Waals surface area contributed by atoms with E-state index >= 15 is 0 Å². The van der Waals surface area contributed by atoms with E-state index in [4.69, 9.17) is 0 Å². The number of nitrogens with one attached hydrogen (secondary N) is 2. The summed E-state index contributed by atoms with van der Waals surface area (Å²) < 4.78 is 2.10. The van der Waals surface area contributed by atoms with Gasteiger partial charge in [0.05, 0.1) is 11.4 Å². The number of unbranched alkanes of at least 4 members (excludes halogenated alkanes) is 2. The van der Waals surface area contributed by atoms with Crippen molar-refractivity contribution in [3.8, 4) is 0 Å². The van der Waals surface area contributed by atoms with Gasteiger partial charge in [0.25, 0.3) is 0 Å². The third-order valence-corrected chi connectivity index (χ3v) is 5.80.